The topological polar surface area (TPSA) is 68.5 Å². The van der Waals surface area contributed by atoms with Crippen molar-refractivity contribution >= 4 is 27.7 Å². The van der Waals surface area contributed by atoms with Crippen LogP contribution >= 0.6 is 27.7 Å². The maximum Gasteiger partial charge on any atom is 0.209 e. The number of halogens is 1. The standard InChI is InChI=1S/C12H15BrN6S/c13-10-5-9(6-14-7-10)8-20-12-16-17-18-19(12)4-3-15-11-1-2-11/h5-7,11,15H,1-4,8H2. The first-order valence-electron chi connectivity index (χ1n) is 6.53. The van der Waals surface area contributed by atoms with Crippen molar-refractivity contribution in [3.8, 4) is 0 Å². The highest BCUT2D eigenvalue weighted by Gasteiger charge is 2.20. The number of hydrogen-bond donors (Lipinski definition) is 1. The maximum atomic E-state index is 4.15. The summed E-state index contributed by atoms with van der Waals surface area (Å²) in [5.74, 6) is 0.808. The molecule has 1 aliphatic carbocycles. The van der Waals surface area contributed by atoms with Gasteiger partial charge in [-0.3, -0.25) is 4.98 Å². The molecule has 3 rings (SSSR count). The fourth-order valence-corrected chi connectivity index (χ4v) is 3.02. The Labute approximate surface area is 129 Å². The highest BCUT2D eigenvalue weighted by atomic mass is 79.9. The van der Waals surface area contributed by atoms with Crippen molar-refractivity contribution in [2.45, 2.75) is 36.3 Å². The Balaban J connectivity index is 1.52. The maximum absolute atomic E-state index is 4.15. The molecule has 0 saturated heterocycles. The summed E-state index contributed by atoms with van der Waals surface area (Å²) in [6.45, 7) is 1.73. The molecule has 0 aromatic carbocycles. The predicted molar refractivity (Wildman–Crippen MR) is 80.3 cm³/mol. The minimum absolute atomic E-state index is 0.718. The number of nitrogens with one attached hydrogen (secondary N) is 1. The lowest BCUT2D eigenvalue weighted by molar-refractivity contribution is 0.509. The monoisotopic (exact) mass is 354 g/mol. The molecular formula is C12H15BrN6S. The van der Waals surface area contributed by atoms with E-state index in [0.717, 1.165) is 40.1 Å². The van der Waals surface area contributed by atoms with Gasteiger partial charge in [-0.05, 0) is 50.8 Å². The zero-order valence-corrected chi connectivity index (χ0v) is 13.3. The molecule has 106 valence electrons. The number of thioether (sulfide) groups is 1. The third-order valence-electron chi connectivity index (χ3n) is 2.96. The van der Waals surface area contributed by atoms with Crippen LogP contribution in [0.4, 0.5) is 0 Å². The highest BCUT2D eigenvalue weighted by Crippen LogP contribution is 2.21. The van der Waals surface area contributed by atoms with E-state index in [1.54, 1.807) is 18.0 Å². The minimum atomic E-state index is 0.718. The summed E-state index contributed by atoms with van der Waals surface area (Å²) in [6.07, 6.45) is 6.24. The normalized spacial score (nSPS) is 14.7. The lowest BCUT2D eigenvalue weighted by Crippen LogP contribution is -2.22. The van der Waals surface area contributed by atoms with Gasteiger partial charge in [0.05, 0.1) is 6.54 Å². The van der Waals surface area contributed by atoms with E-state index in [0.29, 0.717) is 0 Å². The molecule has 2 aromatic rings. The molecule has 1 saturated carbocycles. The van der Waals surface area contributed by atoms with Crippen molar-refractivity contribution in [2.75, 3.05) is 6.54 Å². The molecule has 0 spiro atoms. The Morgan fingerprint density at radius 2 is 2.30 bits per heavy atom. The molecule has 20 heavy (non-hydrogen) atoms. The van der Waals surface area contributed by atoms with Crippen LogP contribution in [0.25, 0.3) is 0 Å². The molecule has 1 aliphatic rings. The number of hydrogen-bond acceptors (Lipinski definition) is 6. The SMILES string of the molecule is Brc1cncc(CSc2nnnn2CCNC2CC2)c1. The molecule has 0 bridgehead atoms. The van der Waals surface area contributed by atoms with Crippen molar-refractivity contribution in [2.24, 2.45) is 0 Å². The first-order valence-corrected chi connectivity index (χ1v) is 8.31. The molecule has 2 aromatic heterocycles. The Kier molecular flexibility index (Phi) is 4.64. The highest BCUT2D eigenvalue weighted by molar-refractivity contribution is 9.10. The van der Waals surface area contributed by atoms with Gasteiger partial charge < -0.3 is 5.32 Å². The van der Waals surface area contributed by atoms with E-state index in [2.05, 4.69) is 47.8 Å². The van der Waals surface area contributed by atoms with E-state index in [4.69, 9.17) is 0 Å². The molecule has 0 radical (unpaired) electrons. The largest absolute Gasteiger partial charge is 0.312 e. The van der Waals surface area contributed by atoms with E-state index < -0.39 is 0 Å². The molecular weight excluding hydrogens is 340 g/mol. The zero-order valence-electron chi connectivity index (χ0n) is 10.9. The second-order valence-corrected chi connectivity index (χ2v) is 6.57. The van der Waals surface area contributed by atoms with Crippen molar-refractivity contribution in [3.05, 3.63) is 28.5 Å². The van der Waals surface area contributed by atoms with Crippen LogP contribution in [0.3, 0.4) is 0 Å². The Morgan fingerprint density at radius 3 is 3.10 bits per heavy atom. The van der Waals surface area contributed by atoms with Gasteiger partial charge in [-0.1, -0.05) is 11.8 Å². The van der Waals surface area contributed by atoms with Crippen molar-refractivity contribution in [1.29, 1.82) is 0 Å². The van der Waals surface area contributed by atoms with Gasteiger partial charge >= 0.3 is 0 Å². The van der Waals surface area contributed by atoms with Gasteiger partial charge in [-0.2, -0.15) is 0 Å². The van der Waals surface area contributed by atoms with E-state index in [-0.39, 0.29) is 0 Å². The Hall–Kier alpha value is -0.990. The molecule has 0 amide bonds. The first-order chi connectivity index (χ1) is 9.81. The summed E-state index contributed by atoms with van der Waals surface area (Å²) in [5.41, 5.74) is 1.15. The second-order valence-electron chi connectivity index (χ2n) is 4.71. The fourth-order valence-electron chi connectivity index (χ4n) is 1.78. The first kappa shape index (κ1) is 14.0. The van der Waals surface area contributed by atoms with Crippen molar-refractivity contribution < 1.29 is 0 Å². The predicted octanol–water partition coefficient (Wildman–Crippen LogP) is 1.87. The summed E-state index contributed by atoms with van der Waals surface area (Å²) < 4.78 is 2.84. The third kappa shape index (κ3) is 4.00. The summed E-state index contributed by atoms with van der Waals surface area (Å²) >= 11 is 5.05. The second kappa shape index (κ2) is 6.64. The van der Waals surface area contributed by atoms with Crippen LogP contribution < -0.4 is 5.32 Å². The Morgan fingerprint density at radius 1 is 1.40 bits per heavy atom. The van der Waals surface area contributed by atoms with Crippen LogP contribution in [0.2, 0.25) is 0 Å². The van der Waals surface area contributed by atoms with Gasteiger partial charge in [0.15, 0.2) is 0 Å². The molecule has 0 atom stereocenters. The Bertz CT molecular complexity index is 571. The van der Waals surface area contributed by atoms with Crippen LogP contribution in [0.15, 0.2) is 28.1 Å². The average Bonchev–Trinajstić information content (AvgIpc) is 3.15. The van der Waals surface area contributed by atoms with Crippen molar-refractivity contribution in [3.63, 3.8) is 0 Å². The smallest absolute Gasteiger partial charge is 0.209 e. The summed E-state index contributed by atoms with van der Waals surface area (Å²) in [4.78, 5) is 4.15. The molecule has 0 unspecified atom stereocenters. The molecule has 2 heterocycles. The molecule has 0 aliphatic heterocycles. The van der Waals surface area contributed by atoms with Crippen LogP contribution in [0, 0.1) is 0 Å². The van der Waals surface area contributed by atoms with Crippen LogP contribution in [0.5, 0.6) is 0 Å². The number of rotatable bonds is 7. The summed E-state index contributed by atoms with van der Waals surface area (Å²) in [5, 5.41) is 16.2. The number of aromatic nitrogens is 5. The summed E-state index contributed by atoms with van der Waals surface area (Å²) in [7, 11) is 0. The number of tetrazole rings is 1. The number of pyridine rings is 1. The lowest BCUT2D eigenvalue weighted by atomic mass is 10.3. The fraction of sp³-hybridized carbons (Fsp3) is 0.500. The van der Waals surface area contributed by atoms with Gasteiger partial charge in [0.25, 0.3) is 0 Å². The van der Waals surface area contributed by atoms with E-state index in [9.17, 15) is 0 Å². The van der Waals surface area contributed by atoms with Gasteiger partial charge in [-0.25, -0.2) is 4.68 Å². The van der Waals surface area contributed by atoms with Gasteiger partial charge in [0.2, 0.25) is 5.16 Å². The van der Waals surface area contributed by atoms with Crippen LogP contribution in [-0.2, 0) is 12.3 Å². The van der Waals surface area contributed by atoms with E-state index in [1.807, 2.05) is 10.9 Å². The number of nitrogens with zero attached hydrogens (tertiary/aromatic N) is 5. The average molecular weight is 355 g/mol. The van der Waals surface area contributed by atoms with Crippen LogP contribution in [0.1, 0.15) is 18.4 Å². The quantitative estimate of drug-likeness (QED) is 0.765. The van der Waals surface area contributed by atoms with E-state index >= 15 is 0 Å². The van der Waals surface area contributed by atoms with Crippen molar-refractivity contribution in [1.82, 2.24) is 30.5 Å². The molecule has 6 nitrogen and oxygen atoms in total. The van der Waals surface area contributed by atoms with Gasteiger partial charge in [0.1, 0.15) is 0 Å². The zero-order chi connectivity index (χ0) is 13.8. The lowest BCUT2D eigenvalue weighted by Gasteiger charge is -2.05. The molecule has 8 heteroatoms. The minimum Gasteiger partial charge on any atom is -0.312 e. The summed E-state index contributed by atoms with van der Waals surface area (Å²) in [6, 6.07) is 2.78. The van der Waals surface area contributed by atoms with Gasteiger partial charge in [0, 0.05) is 35.2 Å². The van der Waals surface area contributed by atoms with E-state index in [1.165, 1.54) is 12.8 Å². The third-order valence-corrected chi connectivity index (χ3v) is 4.42. The van der Waals surface area contributed by atoms with Crippen LogP contribution in [-0.4, -0.2) is 37.8 Å². The molecule has 1 fully saturated rings. The molecule has 1 N–H and O–H groups in total. The van der Waals surface area contributed by atoms with Gasteiger partial charge in [-0.15, -0.1) is 5.10 Å².